The molecule has 0 fully saturated rings. The van der Waals surface area contributed by atoms with Gasteiger partial charge in [-0.15, -0.1) is 0 Å². The zero-order valence-corrected chi connectivity index (χ0v) is 22.1. The minimum Gasteiger partial charge on any atom is -0.466 e. The Morgan fingerprint density at radius 1 is 0.583 bits per heavy atom. The highest BCUT2D eigenvalue weighted by Crippen LogP contribution is 2.16. The van der Waals surface area contributed by atoms with Crippen LogP contribution in [0.3, 0.4) is 0 Å². The van der Waals surface area contributed by atoms with Gasteiger partial charge in [0, 0.05) is 11.6 Å². The first-order valence-corrected chi connectivity index (χ1v) is 13.9. The third-order valence-corrected chi connectivity index (χ3v) is 6.27. The van der Waals surface area contributed by atoms with E-state index in [9.17, 15) is 22.8 Å². The number of carbonyl (C=O) groups is 2. The number of benzene rings is 1. The summed E-state index contributed by atoms with van der Waals surface area (Å²) >= 11 is 0. The summed E-state index contributed by atoms with van der Waals surface area (Å²) < 4.78 is 49.5. The van der Waals surface area contributed by atoms with Crippen LogP contribution in [-0.2, 0) is 25.7 Å². The van der Waals surface area contributed by atoms with Crippen molar-refractivity contribution in [2.75, 3.05) is 6.61 Å². The fraction of sp³-hybridized carbons (Fsp3) is 0.724. The molecular weight excluding hydrogens is 469 g/mol. The Balaban J connectivity index is 1.89. The molecule has 0 spiro atoms. The number of esters is 2. The fourth-order valence-electron chi connectivity index (χ4n) is 4.02. The average molecular weight is 515 g/mol. The lowest BCUT2D eigenvalue weighted by molar-refractivity contribution is -0.151. The maximum Gasteiger partial charge on any atom is 0.306 e. The van der Waals surface area contributed by atoms with Crippen LogP contribution in [0.2, 0.25) is 0 Å². The molecule has 1 aromatic rings. The molecule has 0 amide bonds. The molecule has 0 aliphatic carbocycles. The summed E-state index contributed by atoms with van der Waals surface area (Å²) in [6.07, 6.45) is 20.0. The van der Waals surface area contributed by atoms with Crippen LogP contribution in [0.15, 0.2) is 12.1 Å². The minimum atomic E-state index is -1.31. The van der Waals surface area contributed by atoms with E-state index in [-0.39, 0.29) is 18.4 Å². The summed E-state index contributed by atoms with van der Waals surface area (Å²) in [5, 5.41) is 0. The molecule has 36 heavy (non-hydrogen) atoms. The molecule has 4 nitrogen and oxygen atoms in total. The third kappa shape index (κ3) is 16.6. The molecule has 0 aliphatic heterocycles. The lowest BCUT2D eigenvalue weighted by Crippen LogP contribution is -2.11. The predicted octanol–water partition coefficient (Wildman–Crippen LogP) is 8.73. The molecular formula is C29H45F3O4. The Labute approximate surface area is 215 Å². The second-order valence-electron chi connectivity index (χ2n) is 9.54. The second-order valence-corrected chi connectivity index (χ2v) is 9.54. The first kappa shape index (κ1) is 32.0. The largest absolute Gasteiger partial charge is 0.466 e. The quantitative estimate of drug-likeness (QED) is 0.0882. The molecule has 206 valence electrons. The van der Waals surface area contributed by atoms with E-state index in [0.29, 0.717) is 18.7 Å². The van der Waals surface area contributed by atoms with Crippen molar-refractivity contribution >= 4 is 11.9 Å². The Bertz CT molecular complexity index is 739. The number of halogens is 3. The van der Waals surface area contributed by atoms with Crippen LogP contribution >= 0.6 is 0 Å². The van der Waals surface area contributed by atoms with Crippen molar-refractivity contribution in [1.82, 2.24) is 0 Å². The van der Waals surface area contributed by atoms with E-state index in [2.05, 4.69) is 6.92 Å². The summed E-state index contributed by atoms with van der Waals surface area (Å²) in [5.41, 5.74) is -0.270. The Kier molecular flexibility index (Phi) is 18.7. The van der Waals surface area contributed by atoms with E-state index < -0.39 is 36.0 Å². The molecule has 1 aromatic carbocycles. The Hall–Kier alpha value is -2.05. The molecule has 0 aromatic heterocycles. The maximum absolute atomic E-state index is 13.5. The first-order chi connectivity index (χ1) is 17.4. The van der Waals surface area contributed by atoms with Crippen LogP contribution in [0.25, 0.3) is 0 Å². The van der Waals surface area contributed by atoms with Gasteiger partial charge in [-0.25, -0.2) is 13.2 Å². The lowest BCUT2D eigenvalue weighted by Gasteiger charge is -2.07. The predicted molar refractivity (Wildman–Crippen MR) is 136 cm³/mol. The van der Waals surface area contributed by atoms with Crippen LogP contribution in [-0.4, -0.2) is 18.5 Å². The zero-order chi connectivity index (χ0) is 26.4. The highest BCUT2D eigenvalue weighted by Gasteiger charge is 2.13. The smallest absolute Gasteiger partial charge is 0.306 e. The summed E-state index contributed by atoms with van der Waals surface area (Å²) in [4.78, 5) is 23.4. The van der Waals surface area contributed by atoms with E-state index >= 15 is 0 Å². The van der Waals surface area contributed by atoms with Crippen molar-refractivity contribution in [2.45, 2.75) is 129 Å². The second kappa shape index (κ2) is 21.1. The molecule has 0 radical (unpaired) electrons. The van der Waals surface area contributed by atoms with Crippen molar-refractivity contribution in [3.63, 3.8) is 0 Å². The Morgan fingerprint density at radius 2 is 1.00 bits per heavy atom. The zero-order valence-electron chi connectivity index (χ0n) is 22.1. The summed E-state index contributed by atoms with van der Waals surface area (Å²) in [6.45, 7) is 2.05. The monoisotopic (exact) mass is 514 g/mol. The molecule has 0 atom stereocenters. The van der Waals surface area contributed by atoms with E-state index in [1.807, 2.05) is 0 Å². The molecule has 0 aliphatic rings. The number of unbranched alkanes of at least 4 members (excludes halogenated alkanes) is 15. The van der Waals surface area contributed by atoms with Crippen molar-refractivity contribution in [3.05, 3.63) is 35.1 Å². The normalized spacial score (nSPS) is 11.0. The summed E-state index contributed by atoms with van der Waals surface area (Å²) in [5.74, 6) is -4.76. The molecule has 7 heteroatoms. The van der Waals surface area contributed by atoms with Gasteiger partial charge in [0.25, 0.3) is 0 Å². The molecule has 0 saturated heterocycles. The van der Waals surface area contributed by atoms with E-state index in [0.717, 1.165) is 19.3 Å². The lowest BCUT2D eigenvalue weighted by atomic mass is 10.0. The topological polar surface area (TPSA) is 52.6 Å². The van der Waals surface area contributed by atoms with Gasteiger partial charge in [-0.05, 0) is 12.5 Å². The minimum absolute atomic E-state index is 0.141. The van der Waals surface area contributed by atoms with Crippen molar-refractivity contribution in [3.8, 4) is 0 Å². The van der Waals surface area contributed by atoms with Gasteiger partial charge in [0.05, 0.1) is 19.4 Å². The number of hydrogen-bond donors (Lipinski definition) is 0. The molecule has 0 unspecified atom stereocenters. The molecule has 1 rings (SSSR count). The summed E-state index contributed by atoms with van der Waals surface area (Å²) in [7, 11) is 0. The van der Waals surface area contributed by atoms with Crippen molar-refractivity contribution in [1.29, 1.82) is 0 Å². The van der Waals surface area contributed by atoms with Crippen LogP contribution in [0, 0.1) is 17.5 Å². The van der Waals surface area contributed by atoms with E-state index in [1.165, 1.54) is 83.5 Å². The standard InChI is InChI=1S/C29H45F3O4/c1-2-3-4-5-6-7-8-9-10-11-12-13-14-15-16-17-20-35-28(33)18-19-29(34)36-23-24-21-26(31)27(32)22-25(24)30/h21-22H,2-20,23H2,1H3. The van der Waals surface area contributed by atoms with Crippen LogP contribution in [0.5, 0.6) is 0 Å². The van der Waals surface area contributed by atoms with Crippen LogP contribution < -0.4 is 0 Å². The van der Waals surface area contributed by atoms with Gasteiger partial charge in [0.15, 0.2) is 11.6 Å². The van der Waals surface area contributed by atoms with Crippen molar-refractivity contribution < 1.29 is 32.2 Å². The number of ether oxygens (including phenoxy) is 2. The molecule has 0 N–H and O–H groups in total. The third-order valence-electron chi connectivity index (χ3n) is 6.27. The van der Waals surface area contributed by atoms with Gasteiger partial charge < -0.3 is 9.47 Å². The first-order valence-electron chi connectivity index (χ1n) is 13.9. The van der Waals surface area contributed by atoms with Crippen LogP contribution in [0.1, 0.15) is 128 Å². The Morgan fingerprint density at radius 3 is 1.50 bits per heavy atom. The highest BCUT2D eigenvalue weighted by molar-refractivity contribution is 5.77. The maximum atomic E-state index is 13.5. The highest BCUT2D eigenvalue weighted by atomic mass is 19.2. The number of rotatable bonds is 22. The van der Waals surface area contributed by atoms with E-state index in [1.54, 1.807) is 0 Å². The van der Waals surface area contributed by atoms with Gasteiger partial charge in [-0.3, -0.25) is 9.59 Å². The number of hydrogen-bond acceptors (Lipinski definition) is 4. The van der Waals surface area contributed by atoms with Gasteiger partial charge >= 0.3 is 11.9 Å². The molecule has 0 heterocycles. The average Bonchev–Trinajstić information content (AvgIpc) is 2.86. The molecule has 0 bridgehead atoms. The van der Waals surface area contributed by atoms with Gasteiger partial charge in [-0.1, -0.05) is 103 Å². The van der Waals surface area contributed by atoms with E-state index in [4.69, 9.17) is 9.47 Å². The van der Waals surface area contributed by atoms with Crippen molar-refractivity contribution in [2.24, 2.45) is 0 Å². The van der Waals surface area contributed by atoms with Gasteiger partial charge in [0.1, 0.15) is 12.4 Å². The van der Waals surface area contributed by atoms with Gasteiger partial charge in [0.2, 0.25) is 0 Å². The molecule has 0 saturated carbocycles. The number of carbonyl (C=O) groups excluding carboxylic acids is 2. The fourth-order valence-corrected chi connectivity index (χ4v) is 4.02. The van der Waals surface area contributed by atoms with Crippen LogP contribution in [0.4, 0.5) is 13.2 Å². The summed E-state index contributed by atoms with van der Waals surface area (Å²) in [6, 6.07) is 1.04. The van der Waals surface area contributed by atoms with Gasteiger partial charge in [-0.2, -0.15) is 0 Å². The SMILES string of the molecule is CCCCCCCCCCCCCCCCCCOC(=O)CCC(=O)OCc1cc(F)c(F)cc1F.